The van der Waals surface area contributed by atoms with Crippen LogP contribution in [0.1, 0.15) is 39.1 Å². The van der Waals surface area contributed by atoms with Gasteiger partial charge in [0, 0.05) is 17.8 Å². The predicted molar refractivity (Wildman–Crippen MR) is 101 cm³/mol. The zero-order valence-electron chi connectivity index (χ0n) is 13.7. The van der Waals surface area contributed by atoms with Crippen LogP contribution < -0.4 is 10.6 Å². The highest BCUT2D eigenvalue weighted by atomic mass is 35.5. The number of H-pyrrole nitrogens is 1. The molecule has 4 rings (SSSR count). The Morgan fingerprint density at radius 1 is 1.44 bits per heavy atom. The lowest BCUT2D eigenvalue weighted by Crippen LogP contribution is -2.28. The van der Waals surface area contributed by atoms with Crippen molar-refractivity contribution in [1.82, 2.24) is 20.5 Å². The van der Waals surface area contributed by atoms with Crippen molar-refractivity contribution in [2.75, 3.05) is 18.4 Å². The monoisotopic (exact) mass is 375 g/mol. The van der Waals surface area contributed by atoms with E-state index in [1.165, 1.54) is 11.3 Å². The Morgan fingerprint density at radius 2 is 2.32 bits per heavy atom. The first-order chi connectivity index (χ1) is 12.1. The van der Waals surface area contributed by atoms with Crippen molar-refractivity contribution in [2.45, 2.75) is 25.7 Å². The third kappa shape index (κ3) is 3.15. The van der Waals surface area contributed by atoms with Crippen LogP contribution in [0.5, 0.6) is 0 Å². The smallest absolute Gasteiger partial charge is 0.267 e. The molecule has 25 heavy (non-hydrogen) atoms. The van der Waals surface area contributed by atoms with E-state index in [9.17, 15) is 4.79 Å². The molecule has 0 aliphatic carbocycles. The highest BCUT2D eigenvalue weighted by molar-refractivity contribution is 7.14. The Hall–Kier alpha value is -1.96. The number of benzene rings is 1. The lowest BCUT2D eigenvalue weighted by atomic mass is 10.0. The molecular formula is C17H18ClN5OS. The van der Waals surface area contributed by atoms with E-state index in [-0.39, 0.29) is 5.91 Å². The van der Waals surface area contributed by atoms with Crippen LogP contribution in [-0.2, 0) is 0 Å². The molecule has 1 amide bonds. The summed E-state index contributed by atoms with van der Waals surface area (Å²) in [6, 6.07) is 3.54. The SMILES string of the molecule is Cc1nc(C2CCCNC2)sc1C(=O)Nc1ccc(Cl)c2cn[nH]c12. The minimum Gasteiger partial charge on any atom is -0.319 e. The standard InChI is InChI=1S/C17H18ClN5OS/c1-9-15(25-17(21-9)10-3-2-6-19-7-10)16(24)22-13-5-4-12(18)11-8-20-23-14(11)13/h4-5,8,10,19H,2-3,6-7H2,1H3,(H,20,23)(H,22,24). The van der Waals surface area contributed by atoms with E-state index >= 15 is 0 Å². The predicted octanol–water partition coefficient (Wildman–Crippen LogP) is 3.70. The quantitative estimate of drug-likeness (QED) is 0.651. The number of piperidine rings is 1. The molecule has 0 saturated carbocycles. The van der Waals surface area contributed by atoms with Gasteiger partial charge < -0.3 is 10.6 Å². The van der Waals surface area contributed by atoms with Crippen LogP contribution in [-0.4, -0.2) is 34.2 Å². The Balaban J connectivity index is 1.59. The van der Waals surface area contributed by atoms with Gasteiger partial charge in [-0.3, -0.25) is 9.89 Å². The van der Waals surface area contributed by atoms with Crippen LogP contribution in [0.15, 0.2) is 18.3 Å². The Bertz CT molecular complexity index is 928. The number of carbonyl (C=O) groups excluding carboxylic acids is 1. The van der Waals surface area contributed by atoms with E-state index in [2.05, 4.69) is 25.8 Å². The largest absolute Gasteiger partial charge is 0.319 e. The van der Waals surface area contributed by atoms with Crippen LogP contribution >= 0.6 is 22.9 Å². The number of nitrogens with zero attached hydrogens (tertiary/aromatic N) is 2. The first-order valence-corrected chi connectivity index (χ1v) is 9.44. The van der Waals surface area contributed by atoms with Crippen molar-refractivity contribution in [3.05, 3.63) is 38.9 Å². The number of halogens is 1. The fourth-order valence-electron chi connectivity index (χ4n) is 3.15. The Morgan fingerprint density at radius 3 is 3.12 bits per heavy atom. The Kier molecular flexibility index (Phi) is 4.45. The average molecular weight is 376 g/mol. The number of rotatable bonds is 3. The summed E-state index contributed by atoms with van der Waals surface area (Å²) in [7, 11) is 0. The molecule has 0 spiro atoms. The van der Waals surface area contributed by atoms with Crippen LogP contribution in [0.3, 0.4) is 0 Å². The zero-order chi connectivity index (χ0) is 17.4. The van der Waals surface area contributed by atoms with Gasteiger partial charge in [0.25, 0.3) is 5.91 Å². The van der Waals surface area contributed by atoms with Crippen molar-refractivity contribution in [2.24, 2.45) is 0 Å². The molecule has 3 N–H and O–H groups in total. The van der Waals surface area contributed by atoms with Crippen molar-refractivity contribution < 1.29 is 4.79 Å². The average Bonchev–Trinajstić information content (AvgIpc) is 3.26. The molecule has 0 bridgehead atoms. The highest BCUT2D eigenvalue weighted by Crippen LogP contribution is 2.31. The van der Waals surface area contributed by atoms with Crippen molar-refractivity contribution >= 4 is 45.4 Å². The van der Waals surface area contributed by atoms with Crippen LogP contribution in [0, 0.1) is 6.92 Å². The molecule has 1 aromatic carbocycles. The zero-order valence-corrected chi connectivity index (χ0v) is 15.3. The number of aromatic nitrogens is 3. The number of aryl methyl sites for hydroxylation is 1. The first-order valence-electron chi connectivity index (χ1n) is 8.24. The first kappa shape index (κ1) is 16.5. The topological polar surface area (TPSA) is 82.7 Å². The van der Waals surface area contributed by atoms with Gasteiger partial charge in [-0.25, -0.2) is 4.98 Å². The number of hydrogen-bond donors (Lipinski definition) is 3. The van der Waals surface area contributed by atoms with Gasteiger partial charge in [0.1, 0.15) is 4.88 Å². The number of nitrogens with one attached hydrogen (secondary N) is 3. The molecule has 1 saturated heterocycles. The summed E-state index contributed by atoms with van der Waals surface area (Å²) in [4.78, 5) is 18.1. The van der Waals surface area contributed by atoms with E-state index < -0.39 is 0 Å². The van der Waals surface area contributed by atoms with Gasteiger partial charge in [0.2, 0.25) is 0 Å². The van der Waals surface area contributed by atoms with E-state index in [0.717, 1.165) is 47.5 Å². The van der Waals surface area contributed by atoms with Gasteiger partial charge in [-0.1, -0.05) is 11.6 Å². The van der Waals surface area contributed by atoms with E-state index in [1.807, 2.05) is 6.92 Å². The molecule has 1 unspecified atom stereocenters. The lowest BCUT2D eigenvalue weighted by Gasteiger charge is -2.20. The number of carbonyl (C=O) groups is 1. The number of fused-ring (bicyclic) bond motifs is 1. The lowest BCUT2D eigenvalue weighted by molar-refractivity contribution is 0.103. The second-order valence-electron chi connectivity index (χ2n) is 6.22. The van der Waals surface area contributed by atoms with E-state index in [0.29, 0.717) is 21.5 Å². The van der Waals surface area contributed by atoms with Crippen LogP contribution in [0.2, 0.25) is 5.02 Å². The second kappa shape index (κ2) is 6.74. The van der Waals surface area contributed by atoms with E-state index in [4.69, 9.17) is 11.6 Å². The summed E-state index contributed by atoms with van der Waals surface area (Å²) in [5.41, 5.74) is 2.16. The van der Waals surface area contributed by atoms with Gasteiger partial charge in [0.05, 0.1) is 33.1 Å². The molecule has 8 heteroatoms. The number of hydrogen-bond acceptors (Lipinski definition) is 5. The summed E-state index contributed by atoms with van der Waals surface area (Å²) in [6.45, 7) is 3.88. The highest BCUT2D eigenvalue weighted by Gasteiger charge is 2.23. The number of amides is 1. The number of thiazole rings is 1. The van der Waals surface area contributed by atoms with Crippen LogP contribution in [0.25, 0.3) is 10.9 Å². The molecule has 1 fully saturated rings. The van der Waals surface area contributed by atoms with Crippen molar-refractivity contribution in [1.29, 1.82) is 0 Å². The number of aromatic amines is 1. The van der Waals surface area contributed by atoms with Crippen molar-refractivity contribution in [3.8, 4) is 0 Å². The minimum absolute atomic E-state index is 0.150. The summed E-state index contributed by atoms with van der Waals surface area (Å²) < 4.78 is 0. The molecule has 3 aromatic rings. The summed E-state index contributed by atoms with van der Waals surface area (Å²) in [5.74, 6) is 0.247. The maximum Gasteiger partial charge on any atom is 0.267 e. The minimum atomic E-state index is -0.150. The molecule has 0 radical (unpaired) electrons. The molecule has 3 heterocycles. The molecule has 1 atom stereocenters. The third-order valence-corrected chi connectivity index (χ3v) is 6.12. The fourth-order valence-corrected chi connectivity index (χ4v) is 4.45. The van der Waals surface area contributed by atoms with Crippen molar-refractivity contribution in [3.63, 3.8) is 0 Å². The second-order valence-corrected chi connectivity index (χ2v) is 7.66. The van der Waals surface area contributed by atoms with Gasteiger partial charge in [-0.05, 0) is 38.4 Å². The fraction of sp³-hybridized carbons (Fsp3) is 0.353. The molecule has 6 nitrogen and oxygen atoms in total. The maximum atomic E-state index is 12.8. The number of anilines is 1. The maximum absolute atomic E-state index is 12.8. The summed E-state index contributed by atoms with van der Waals surface area (Å²) >= 11 is 7.64. The molecule has 1 aliphatic heterocycles. The van der Waals surface area contributed by atoms with Gasteiger partial charge in [0.15, 0.2) is 0 Å². The summed E-state index contributed by atoms with van der Waals surface area (Å²) in [6.07, 6.45) is 3.92. The van der Waals surface area contributed by atoms with Gasteiger partial charge in [-0.2, -0.15) is 5.10 Å². The molecule has 130 valence electrons. The van der Waals surface area contributed by atoms with Gasteiger partial charge >= 0.3 is 0 Å². The van der Waals surface area contributed by atoms with E-state index in [1.54, 1.807) is 18.3 Å². The molecule has 2 aromatic heterocycles. The normalized spacial score (nSPS) is 17.8. The molecular weight excluding hydrogens is 358 g/mol. The third-order valence-electron chi connectivity index (χ3n) is 4.48. The van der Waals surface area contributed by atoms with Crippen LogP contribution in [0.4, 0.5) is 5.69 Å². The molecule has 1 aliphatic rings. The van der Waals surface area contributed by atoms with Gasteiger partial charge in [-0.15, -0.1) is 11.3 Å². The Labute approximate surface area is 154 Å². The summed E-state index contributed by atoms with van der Waals surface area (Å²) in [5, 5.41) is 15.7.